The second-order valence-electron chi connectivity index (χ2n) is 5.68. The SMILES string of the molecule is CCC1CNC(CC)(CC)CN1Cc1cnc(C)s1. The molecule has 0 spiro atoms. The predicted octanol–water partition coefficient (Wildman–Crippen LogP) is 3.19. The Balaban J connectivity index is 2.09. The Kier molecular flexibility index (Phi) is 4.98. The average Bonchev–Trinajstić information content (AvgIpc) is 2.84. The predicted molar refractivity (Wildman–Crippen MR) is 82.7 cm³/mol. The first kappa shape index (κ1) is 14.9. The minimum absolute atomic E-state index is 0.311. The zero-order valence-corrected chi connectivity index (χ0v) is 13.5. The van der Waals surface area contributed by atoms with E-state index in [1.54, 1.807) is 0 Å². The standard InChI is InChI=1S/C15H27N3S/c1-5-13-8-17-15(6-2,7-3)11-18(13)10-14-9-16-12(4)19-14/h9,13,17H,5-8,10-11H2,1-4H3. The fourth-order valence-corrected chi connectivity index (χ4v) is 3.85. The van der Waals surface area contributed by atoms with E-state index in [2.05, 4.69) is 42.9 Å². The van der Waals surface area contributed by atoms with Crippen molar-refractivity contribution in [2.45, 2.75) is 65.1 Å². The summed E-state index contributed by atoms with van der Waals surface area (Å²) in [6.07, 6.45) is 5.68. The number of nitrogens with one attached hydrogen (secondary N) is 1. The van der Waals surface area contributed by atoms with Crippen molar-refractivity contribution in [1.29, 1.82) is 0 Å². The van der Waals surface area contributed by atoms with Gasteiger partial charge < -0.3 is 5.32 Å². The molecule has 1 fully saturated rings. The summed E-state index contributed by atoms with van der Waals surface area (Å²) in [7, 11) is 0. The third-order valence-electron chi connectivity index (χ3n) is 4.59. The summed E-state index contributed by atoms with van der Waals surface area (Å²) in [5.41, 5.74) is 0.311. The number of aryl methyl sites for hydroxylation is 1. The molecule has 1 aliphatic rings. The lowest BCUT2D eigenvalue weighted by molar-refractivity contribution is 0.0651. The molecule has 0 radical (unpaired) electrons. The number of thiazole rings is 1. The van der Waals surface area contributed by atoms with E-state index in [1.807, 2.05) is 17.5 Å². The van der Waals surface area contributed by atoms with Crippen LogP contribution < -0.4 is 5.32 Å². The van der Waals surface area contributed by atoms with Gasteiger partial charge >= 0.3 is 0 Å². The first-order chi connectivity index (χ1) is 9.12. The summed E-state index contributed by atoms with van der Waals surface area (Å²) in [5, 5.41) is 4.98. The minimum Gasteiger partial charge on any atom is -0.308 e. The number of nitrogens with zero attached hydrogens (tertiary/aromatic N) is 2. The van der Waals surface area contributed by atoms with E-state index >= 15 is 0 Å². The molecular weight excluding hydrogens is 254 g/mol. The molecule has 1 aromatic heterocycles. The molecule has 0 amide bonds. The van der Waals surface area contributed by atoms with Crippen LogP contribution in [0.5, 0.6) is 0 Å². The molecule has 0 saturated carbocycles. The Morgan fingerprint density at radius 3 is 2.68 bits per heavy atom. The van der Waals surface area contributed by atoms with Gasteiger partial charge in [0.05, 0.1) is 5.01 Å². The number of hydrogen-bond acceptors (Lipinski definition) is 4. The molecule has 1 saturated heterocycles. The zero-order valence-electron chi connectivity index (χ0n) is 12.7. The monoisotopic (exact) mass is 281 g/mol. The Labute approximate surface area is 121 Å². The molecule has 0 aliphatic carbocycles. The lowest BCUT2D eigenvalue weighted by atomic mass is 9.88. The maximum atomic E-state index is 4.39. The largest absolute Gasteiger partial charge is 0.308 e. The van der Waals surface area contributed by atoms with Crippen LogP contribution in [0.25, 0.3) is 0 Å². The molecule has 2 rings (SSSR count). The maximum absolute atomic E-state index is 4.39. The van der Waals surface area contributed by atoms with Gasteiger partial charge in [0.1, 0.15) is 0 Å². The molecule has 0 bridgehead atoms. The van der Waals surface area contributed by atoms with Gasteiger partial charge in [0.2, 0.25) is 0 Å². The summed E-state index contributed by atoms with van der Waals surface area (Å²) in [6, 6.07) is 0.661. The molecule has 1 atom stereocenters. The Morgan fingerprint density at radius 1 is 1.42 bits per heavy atom. The van der Waals surface area contributed by atoms with Gasteiger partial charge in [0, 0.05) is 42.3 Å². The van der Waals surface area contributed by atoms with Crippen LogP contribution in [0.4, 0.5) is 0 Å². The van der Waals surface area contributed by atoms with Gasteiger partial charge in [0.25, 0.3) is 0 Å². The second-order valence-corrected chi connectivity index (χ2v) is 7.00. The Morgan fingerprint density at radius 2 is 2.16 bits per heavy atom. The van der Waals surface area contributed by atoms with Crippen molar-refractivity contribution in [2.24, 2.45) is 0 Å². The van der Waals surface area contributed by atoms with Gasteiger partial charge in [-0.3, -0.25) is 4.90 Å². The van der Waals surface area contributed by atoms with E-state index in [0.29, 0.717) is 11.6 Å². The number of aromatic nitrogens is 1. The van der Waals surface area contributed by atoms with Crippen LogP contribution in [-0.4, -0.2) is 34.6 Å². The highest BCUT2D eigenvalue weighted by Crippen LogP contribution is 2.26. The molecule has 1 aromatic rings. The number of hydrogen-bond donors (Lipinski definition) is 1. The summed E-state index contributed by atoms with van der Waals surface area (Å²) >= 11 is 1.84. The van der Waals surface area contributed by atoms with E-state index in [9.17, 15) is 0 Å². The zero-order chi connectivity index (χ0) is 13.9. The van der Waals surface area contributed by atoms with Crippen LogP contribution in [-0.2, 0) is 6.54 Å². The normalized spacial score (nSPS) is 23.7. The van der Waals surface area contributed by atoms with Crippen molar-refractivity contribution in [3.8, 4) is 0 Å². The van der Waals surface area contributed by atoms with Crippen LogP contribution in [0, 0.1) is 6.92 Å². The summed E-state index contributed by atoms with van der Waals surface area (Å²) in [5.74, 6) is 0. The lowest BCUT2D eigenvalue weighted by Gasteiger charge is -2.47. The highest BCUT2D eigenvalue weighted by Gasteiger charge is 2.36. The highest BCUT2D eigenvalue weighted by atomic mass is 32.1. The average molecular weight is 281 g/mol. The van der Waals surface area contributed by atoms with Gasteiger partial charge in [0.15, 0.2) is 0 Å². The third-order valence-corrected chi connectivity index (χ3v) is 5.49. The van der Waals surface area contributed by atoms with Gasteiger partial charge in [-0.2, -0.15) is 0 Å². The van der Waals surface area contributed by atoms with Gasteiger partial charge in [-0.1, -0.05) is 20.8 Å². The van der Waals surface area contributed by atoms with Crippen molar-refractivity contribution < 1.29 is 0 Å². The lowest BCUT2D eigenvalue weighted by Crippen LogP contribution is -2.63. The molecule has 1 unspecified atom stereocenters. The number of piperazine rings is 1. The van der Waals surface area contributed by atoms with Crippen LogP contribution >= 0.6 is 11.3 Å². The molecule has 4 heteroatoms. The van der Waals surface area contributed by atoms with E-state index < -0.39 is 0 Å². The van der Waals surface area contributed by atoms with Crippen molar-refractivity contribution >= 4 is 11.3 Å². The van der Waals surface area contributed by atoms with E-state index in [-0.39, 0.29) is 0 Å². The van der Waals surface area contributed by atoms with Crippen molar-refractivity contribution in [3.63, 3.8) is 0 Å². The van der Waals surface area contributed by atoms with Crippen LogP contribution in [0.1, 0.15) is 49.9 Å². The fraction of sp³-hybridized carbons (Fsp3) is 0.800. The minimum atomic E-state index is 0.311. The molecule has 2 heterocycles. The summed E-state index contributed by atoms with van der Waals surface area (Å²) in [6.45, 7) is 12.3. The number of rotatable bonds is 5. The van der Waals surface area contributed by atoms with Crippen molar-refractivity contribution in [2.75, 3.05) is 13.1 Å². The molecule has 108 valence electrons. The molecule has 0 aromatic carbocycles. The smallest absolute Gasteiger partial charge is 0.0897 e. The molecule has 1 N–H and O–H groups in total. The highest BCUT2D eigenvalue weighted by molar-refractivity contribution is 7.11. The Bertz CT molecular complexity index is 398. The van der Waals surface area contributed by atoms with Gasteiger partial charge in [-0.15, -0.1) is 11.3 Å². The summed E-state index contributed by atoms with van der Waals surface area (Å²) < 4.78 is 0. The van der Waals surface area contributed by atoms with Crippen LogP contribution in [0.2, 0.25) is 0 Å². The maximum Gasteiger partial charge on any atom is 0.0897 e. The molecule has 1 aliphatic heterocycles. The van der Waals surface area contributed by atoms with Gasteiger partial charge in [-0.05, 0) is 26.2 Å². The van der Waals surface area contributed by atoms with E-state index in [4.69, 9.17) is 0 Å². The third kappa shape index (κ3) is 3.36. The first-order valence-electron chi connectivity index (χ1n) is 7.52. The second kappa shape index (κ2) is 6.33. The fourth-order valence-electron chi connectivity index (χ4n) is 3.03. The molecular formula is C15H27N3S. The van der Waals surface area contributed by atoms with Crippen molar-refractivity contribution in [3.05, 3.63) is 16.1 Å². The van der Waals surface area contributed by atoms with Gasteiger partial charge in [-0.25, -0.2) is 4.98 Å². The Hall–Kier alpha value is -0.450. The molecule has 19 heavy (non-hydrogen) atoms. The first-order valence-corrected chi connectivity index (χ1v) is 8.34. The molecule has 3 nitrogen and oxygen atoms in total. The summed E-state index contributed by atoms with van der Waals surface area (Å²) in [4.78, 5) is 8.45. The quantitative estimate of drug-likeness (QED) is 0.898. The van der Waals surface area contributed by atoms with Crippen molar-refractivity contribution in [1.82, 2.24) is 15.2 Å². The van der Waals surface area contributed by atoms with E-state index in [1.165, 1.54) is 29.1 Å². The van der Waals surface area contributed by atoms with E-state index in [0.717, 1.165) is 19.6 Å². The topological polar surface area (TPSA) is 28.2 Å². The van der Waals surface area contributed by atoms with Crippen LogP contribution in [0.15, 0.2) is 6.20 Å². The van der Waals surface area contributed by atoms with Crippen LogP contribution in [0.3, 0.4) is 0 Å².